The number of ether oxygens (including phenoxy) is 3. The Kier molecular flexibility index (Phi) is 3.59. The Morgan fingerprint density at radius 3 is 2.80 bits per heavy atom. The molecule has 0 radical (unpaired) electrons. The van der Waals surface area contributed by atoms with Crippen LogP contribution in [0, 0.1) is 16.7 Å². The van der Waals surface area contributed by atoms with Crippen LogP contribution in [0.25, 0.3) is 0 Å². The topological polar surface area (TPSA) is 71.7 Å². The predicted molar refractivity (Wildman–Crippen MR) is 73.6 cm³/mol. The van der Waals surface area contributed by atoms with Gasteiger partial charge in [-0.05, 0) is 40.0 Å². The lowest BCUT2D eigenvalue weighted by atomic mass is 9.79. The van der Waals surface area contributed by atoms with Gasteiger partial charge < -0.3 is 19.3 Å². The molecule has 2 aliphatic rings. The highest BCUT2D eigenvalue weighted by Gasteiger charge is 2.43. The van der Waals surface area contributed by atoms with Crippen LogP contribution in [0.2, 0.25) is 0 Å². The number of hydrogen-bond donors (Lipinski definition) is 1. The van der Waals surface area contributed by atoms with Crippen molar-refractivity contribution in [3.63, 3.8) is 0 Å². The van der Waals surface area contributed by atoms with Gasteiger partial charge >= 0.3 is 0 Å². The summed E-state index contributed by atoms with van der Waals surface area (Å²) in [4.78, 5) is 0. The maximum Gasteiger partial charge on any atom is 0.175 e. The zero-order valence-electron chi connectivity index (χ0n) is 10.8. The van der Waals surface area contributed by atoms with Gasteiger partial charge in [-0.1, -0.05) is 0 Å². The molecular formula is C14H14BrNO4. The Bertz CT molecular complexity index is 563. The average Bonchev–Trinajstić information content (AvgIpc) is 2.96. The van der Waals surface area contributed by atoms with E-state index in [4.69, 9.17) is 14.2 Å². The summed E-state index contributed by atoms with van der Waals surface area (Å²) in [5.41, 5.74) is -0.253. The fourth-order valence-corrected chi connectivity index (χ4v) is 3.13. The molecule has 1 fully saturated rings. The highest BCUT2D eigenvalue weighted by molar-refractivity contribution is 9.10. The molecule has 2 heterocycles. The maximum atomic E-state index is 10.6. The average molecular weight is 340 g/mol. The van der Waals surface area contributed by atoms with Crippen LogP contribution >= 0.6 is 15.9 Å². The van der Waals surface area contributed by atoms with Crippen LogP contribution in [0.3, 0.4) is 0 Å². The first-order valence-electron chi connectivity index (χ1n) is 6.42. The highest BCUT2D eigenvalue weighted by Crippen LogP contribution is 2.45. The molecule has 2 unspecified atom stereocenters. The van der Waals surface area contributed by atoms with E-state index in [2.05, 4.69) is 22.0 Å². The molecule has 3 rings (SSSR count). The Balaban J connectivity index is 1.98. The summed E-state index contributed by atoms with van der Waals surface area (Å²) < 4.78 is 17.1. The van der Waals surface area contributed by atoms with Crippen molar-refractivity contribution < 1.29 is 19.3 Å². The molecule has 1 aromatic carbocycles. The van der Waals surface area contributed by atoms with E-state index in [0.29, 0.717) is 43.3 Å². The van der Waals surface area contributed by atoms with Gasteiger partial charge in [-0.3, -0.25) is 0 Å². The molecule has 5 nitrogen and oxygen atoms in total. The van der Waals surface area contributed by atoms with Crippen molar-refractivity contribution in [3.8, 4) is 17.6 Å². The number of aliphatic hydroxyl groups is 1. The van der Waals surface area contributed by atoms with E-state index in [1.165, 1.54) is 0 Å². The van der Waals surface area contributed by atoms with Gasteiger partial charge in [-0.25, -0.2) is 0 Å². The van der Waals surface area contributed by atoms with Crippen LogP contribution in [0.15, 0.2) is 16.6 Å². The summed E-state index contributed by atoms with van der Waals surface area (Å²) in [5, 5.41) is 20.0. The van der Waals surface area contributed by atoms with Crippen LogP contribution < -0.4 is 9.47 Å². The zero-order valence-corrected chi connectivity index (χ0v) is 12.4. The second-order valence-corrected chi connectivity index (χ2v) is 5.85. The molecule has 0 spiro atoms. The van der Waals surface area contributed by atoms with Gasteiger partial charge in [0.15, 0.2) is 11.5 Å². The fraction of sp³-hybridized carbons (Fsp3) is 0.500. The lowest BCUT2D eigenvalue weighted by Crippen LogP contribution is -2.28. The number of rotatable bonds is 2. The van der Waals surface area contributed by atoms with Gasteiger partial charge in [0.25, 0.3) is 0 Å². The molecule has 106 valence electrons. The normalized spacial score (nSPS) is 26.1. The third-order valence-corrected chi connectivity index (χ3v) is 4.32. The first-order valence-corrected chi connectivity index (χ1v) is 7.22. The fourth-order valence-electron chi connectivity index (χ4n) is 2.55. The third-order valence-electron chi connectivity index (χ3n) is 3.73. The first-order chi connectivity index (χ1) is 9.66. The van der Waals surface area contributed by atoms with E-state index in [1.807, 2.05) is 0 Å². The van der Waals surface area contributed by atoms with E-state index in [1.54, 1.807) is 12.1 Å². The monoisotopic (exact) mass is 339 g/mol. The van der Waals surface area contributed by atoms with Crippen LogP contribution in [0.1, 0.15) is 18.1 Å². The first kappa shape index (κ1) is 13.7. The Morgan fingerprint density at radius 1 is 1.30 bits per heavy atom. The molecule has 2 atom stereocenters. The van der Waals surface area contributed by atoms with Crippen LogP contribution in [-0.2, 0) is 4.74 Å². The quantitative estimate of drug-likeness (QED) is 0.894. The Labute approximate surface area is 125 Å². The molecule has 20 heavy (non-hydrogen) atoms. The third kappa shape index (κ3) is 2.16. The number of hydrogen-bond acceptors (Lipinski definition) is 5. The second-order valence-electron chi connectivity index (χ2n) is 5.00. The molecule has 0 bridgehead atoms. The van der Waals surface area contributed by atoms with Gasteiger partial charge in [-0.2, -0.15) is 5.26 Å². The number of fused-ring (bicyclic) bond motifs is 1. The second kappa shape index (κ2) is 5.24. The summed E-state index contributed by atoms with van der Waals surface area (Å²) in [5.74, 6) is 1.23. The number of nitrogens with zero attached hydrogens (tertiary/aromatic N) is 1. The van der Waals surface area contributed by atoms with Gasteiger partial charge in [0, 0.05) is 6.61 Å². The SMILES string of the molecule is N#CC1(C(O)c2cc(Br)c3c(c2)OCCO3)CCOC1. The standard InChI is InChI=1S/C14H14BrNO4/c15-10-5-9(6-11-12(10)20-4-3-19-11)13(17)14(7-16)1-2-18-8-14/h5-6,13,17H,1-4,8H2. The minimum absolute atomic E-state index is 0.247. The van der Waals surface area contributed by atoms with Gasteiger partial charge in [-0.15, -0.1) is 0 Å². The molecule has 2 aliphatic heterocycles. The van der Waals surface area contributed by atoms with Gasteiger partial charge in [0.2, 0.25) is 0 Å². The van der Waals surface area contributed by atoms with Crippen molar-refractivity contribution in [1.82, 2.24) is 0 Å². The lowest BCUT2D eigenvalue weighted by molar-refractivity contribution is 0.0499. The molecule has 0 aromatic heterocycles. The van der Waals surface area contributed by atoms with Crippen molar-refractivity contribution in [1.29, 1.82) is 5.26 Å². The highest BCUT2D eigenvalue weighted by atomic mass is 79.9. The molecule has 1 saturated heterocycles. The number of nitriles is 1. The van der Waals surface area contributed by atoms with Gasteiger partial charge in [0.05, 0.1) is 17.1 Å². The van der Waals surface area contributed by atoms with E-state index < -0.39 is 11.5 Å². The largest absolute Gasteiger partial charge is 0.486 e. The maximum absolute atomic E-state index is 10.6. The van der Waals surface area contributed by atoms with E-state index in [0.717, 1.165) is 4.47 Å². The zero-order chi connectivity index (χ0) is 14.2. The summed E-state index contributed by atoms with van der Waals surface area (Å²) in [7, 11) is 0. The number of halogens is 1. The summed E-state index contributed by atoms with van der Waals surface area (Å²) >= 11 is 3.42. The summed E-state index contributed by atoms with van der Waals surface area (Å²) in [6, 6.07) is 5.72. The van der Waals surface area contributed by atoms with E-state index >= 15 is 0 Å². The summed E-state index contributed by atoms with van der Waals surface area (Å²) in [6.07, 6.45) is -0.390. The van der Waals surface area contributed by atoms with Crippen molar-refractivity contribution in [2.45, 2.75) is 12.5 Å². The van der Waals surface area contributed by atoms with E-state index in [9.17, 15) is 10.4 Å². The van der Waals surface area contributed by atoms with Crippen molar-refractivity contribution in [2.24, 2.45) is 5.41 Å². The smallest absolute Gasteiger partial charge is 0.175 e. The summed E-state index contributed by atoms with van der Waals surface area (Å²) in [6.45, 7) is 1.72. The van der Waals surface area contributed by atoms with Crippen LogP contribution in [0.4, 0.5) is 0 Å². The number of benzene rings is 1. The lowest BCUT2D eigenvalue weighted by Gasteiger charge is -2.27. The van der Waals surface area contributed by atoms with Crippen molar-refractivity contribution >= 4 is 15.9 Å². The molecule has 0 amide bonds. The van der Waals surface area contributed by atoms with Gasteiger partial charge in [0.1, 0.15) is 24.7 Å². The molecule has 6 heteroatoms. The minimum atomic E-state index is -0.915. The molecular weight excluding hydrogens is 326 g/mol. The van der Waals surface area contributed by atoms with Crippen molar-refractivity contribution in [2.75, 3.05) is 26.4 Å². The van der Waals surface area contributed by atoms with Crippen LogP contribution in [-0.4, -0.2) is 31.5 Å². The van der Waals surface area contributed by atoms with E-state index in [-0.39, 0.29) is 6.61 Å². The Morgan fingerprint density at radius 2 is 2.10 bits per heavy atom. The Hall–Kier alpha value is -1.29. The van der Waals surface area contributed by atoms with Crippen molar-refractivity contribution in [3.05, 3.63) is 22.2 Å². The van der Waals surface area contributed by atoms with Crippen LogP contribution in [0.5, 0.6) is 11.5 Å². The predicted octanol–water partition coefficient (Wildman–Crippen LogP) is 2.18. The molecule has 0 aliphatic carbocycles. The molecule has 1 N–H and O–H groups in total. The molecule has 0 saturated carbocycles. The molecule has 1 aromatic rings. The minimum Gasteiger partial charge on any atom is -0.486 e. The number of aliphatic hydroxyl groups excluding tert-OH is 1.